The second-order valence-corrected chi connectivity index (χ2v) is 5.37. The van der Waals surface area contributed by atoms with Crippen molar-refractivity contribution < 1.29 is 18.6 Å². The van der Waals surface area contributed by atoms with E-state index in [0.717, 1.165) is 0 Å². The van der Waals surface area contributed by atoms with Crippen molar-refractivity contribution in [3.05, 3.63) is 35.4 Å². The molecule has 1 aromatic rings. The Labute approximate surface area is 129 Å². The summed E-state index contributed by atoms with van der Waals surface area (Å²) in [6.07, 6.45) is 0. The van der Waals surface area contributed by atoms with Gasteiger partial charge < -0.3 is 9.03 Å². The number of methoxy groups -OCH3 is 1. The topological polar surface area (TPSA) is 52.6 Å². The van der Waals surface area contributed by atoms with Gasteiger partial charge in [-0.1, -0.05) is 47.5 Å². The molecule has 1 rings (SSSR count). The van der Waals surface area contributed by atoms with Crippen molar-refractivity contribution in [1.82, 2.24) is 0 Å². The molecule has 104 valence electrons. The van der Waals surface area contributed by atoms with E-state index in [1.807, 2.05) is 0 Å². The number of alkyl halides is 3. The first-order valence-electron chi connectivity index (χ1n) is 4.87. The number of rotatable bonds is 4. The van der Waals surface area contributed by atoms with Crippen LogP contribution in [0.5, 0.6) is 0 Å². The third kappa shape index (κ3) is 3.66. The minimum Gasteiger partial charge on any atom is -0.468 e. The van der Waals surface area contributed by atoms with Crippen LogP contribution >= 0.6 is 46.7 Å². The predicted octanol–water partition coefficient (Wildman–Crippen LogP) is 3.47. The summed E-state index contributed by atoms with van der Waals surface area (Å²) in [6.45, 7) is 0. The first-order valence-corrected chi connectivity index (χ1v) is 6.37. The van der Waals surface area contributed by atoms with Crippen molar-refractivity contribution in [1.29, 1.82) is 0 Å². The first kappa shape index (κ1) is 16.4. The number of carbonyl (C=O) groups is 2. The fourth-order valence-electron chi connectivity index (χ4n) is 1.30. The summed E-state index contributed by atoms with van der Waals surface area (Å²) in [7, 11) is 1.21. The fourth-order valence-corrected chi connectivity index (χ4v) is 2.03. The lowest BCUT2D eigenvalue weighted by Gasteiger charge is -2.17. The van der Waals surface area contributed by atoms with Gasteiger partial charge in [0, 0.05) is 0 Å². The van der Waals surface area contributed by atoms with Gasteiger partial charge in [0.2, 0.25) is 4.33 Å². The smallest absolute Gasteiger partial charge is 0.365 e. The molecule has 0 fully saturated rings. The number of esters is 1. The molecule has 0 radical (unpaired) electrons. The Hall–Kier alpha value is -0.680. The van der Waals surface area contributed by atoms with E-state index >= 15 is 0 Å². The zero-order valence-corrected chi connectivity index (χ0v) is 12.6. The summed E-state index contributed by atoms with van der Waals surface area (Å²) in [5.41, 5.74) is 0.549. The maximum Gasteiger partial charge on any atom is 0.365 e. The molecule has 0 heterocycles. The normalized spacial score (nSPS) is 12.7. The number of carbonyl (C=O) groups excluding carboxylic acids is 2. The van der Waals surface area contributed by atoms with Crippen LogP contribution in [0.2, 0.25) is 0 Å². The van der Waals surface area contributed by atoms with Gasteiger partial charge in [0.15, 0.2) is 5.38 Å². The van der Waals surface area contributed by atoms with E-state index in [2.05, 4.69) is 9.03 Å². The average molecular weight is 346 g/mol. The molecule has 0 aliphatic carbocycles. The Morgan fingerprint density at radius 3 is 2.47 bits per heavy atom. The average Bonchev–Trinajstić information content (AvgIpc) is 2.44. The summed E-state index contributed by atoms with van der Waals surface area (Å²) in [6, 6.07) is 5.96. The van der Waals surface area contributed by atoms with E-state index < -0.39 is 21.6 Å². The van der Waals surface area contributed by atoms with Crippen LogP contribution in [0.3, 0.4) is 0 Å². The van der Waals surface area contributed by atoms with Gasteiger partial charge in [-0.2, -0.15) is 0 Å². The van der Waals surface area contributed by atoms with Crippen molar-refractivity contribution >= 4 is 58.6 Å². The summed E-state index contributed by atoms with van der Waals surface area (Å²) in [5, 5.41) is -1.04. The monoisotopic (exact) mass is 344 g/mol. The molecule has 0 saturated heterocycles. The lowest BCUT2D eigenvalue weighted by Crippen LogP contribution is -2.24. The maximum atomic E-state index is 11.4. The van der Waals surface area contributed by atoms with E-state index in [4.69, 9.17) is 46.7 Å². The van der Waals surface area contributed by atoms with Gasteiger partial charge in [0.05, 0.1) is 7.11 Å². The van der Waals surface area contributed by atoms with Crippen LogP contribution in [0.4, 0.5) is 0 Å². The Morgan fingerprint density at radius 2 is 1.95 bits per heavy atom. The highest BCUT2D eigenvalue weighted by Crippen LogP contribution is 2.37. The maximum absolute atomic E-state index is 11.4. The van der Waals surface area contributed by atoms with E-state index in [9.17, 15) is 9.59 Å². The summed E-state index contributed by atoms with van der Waals surface area (Å²) in [5.74, 6) is -1.70. The van der Waals surface area contributed by atoms with Gasteiger partial charge in [-0.15, -0.1) is 11.6 Å². The largest absolute Gasteiger partial charge is 0.468 e. The van der Waals surface area contributed by atoms with Gasteiger partial charge in [0.1, 0.15) is 11.9 Å². The molecule has 0 aliphatic heterocycles. The van der Waals surface area contributed by atoms with Crippen LogP contribution in [-0.2, 0) is 22.9 Å². The van der Waals surface area contributed by atoms with Crippen LogP contribution in [0.25, 0.3) is 0 Å². The van der Waals surface area contributed by atoms with Crippen molar-refractivity contribution in [2.75, 3.05) is 7.11 Å². The van der Waals surface area contributed by atoms with Crippen molar-refractivity contribution in [3.8, 4) is 0 Å². The van der Waals surface area contributed by atoms with Crippen molar-refractivity contribution in [3.63, 3.8) is 0 Å². The number of hydrogen-bond donors (Lipinski definition) is 0. The molecule has 0 aliphatic rings. The first-order chi connectivity index (χ1) is 8.84. The third-order valence-corrected chi connectivity index (χ3v) is 3.59. The van der Waals surface area contributed by atoms with Crippen LogP contribution in [0, 0.1) is 0 Å². The van der Waals surface area contributed by atoms with E-state index in [-0.39, 0.29) is 5.56 Å². The molecule has 1 unspecified atom stereocenters. The van der Waals surface area contributed by atoms with E-state index in [0.29, 0.717) is 5.56 Å². The lowest BCUT2D eigenvalue weighted by atomic mass is 10.1. The Morgan fingerprint density at radius 1 is 1.32 bits per heavy atom. The Bertz CT molecular complexity index is 489. The number of ether oxygens (including phenoxy) is 1. The van der Waals surface area contributed by atoms with E-state index in [1.54, 1.807) is 6.07 Å². The molecule has 0 bridgehead atoms. The van der Waals surface area contributed by atoms with Crippen molar-refractivity contribution in [2.24, 2.45) is 0 Å². The lowest BCUT2D eigenvalue weighted by molar-refractivity contribution is -0.140. The molecule has 0 N–H and O–H groups in total. The standard InChI is InChI=1S/C11H8Cl4O4/c1-18-9(16)8(12)6-3-2-4-7(5-6)11(13,14)10(17)19-15/h2-5,8H,1H3. The second-order valence-electron chi connectivity index (χ2n) is 3.45. The zero-order chi connectivity index (χ0) is 14.6. The summed E-state index contributed by atoms with van der Waals surface area (Å²) >= 11 is 22.5. The molecule has 1 atom stereocenters. The molecule has 1 aromatic carbocycles. The second kappa shape index (κ2) is 6.66. The minimum atomic E-state index is -2.00. The molecule has 8 heteroatoms. The van der Waals surface area contributed by atoms with Gasteiger partial charge >= 0.3 is 11.9 Å². The van der Waals surface area contributed by atoms with Gasteiger partial charge in [0.25, 0.3) is 0 Å². The Kier molecular flexibility index (Phi) is 5.74. The molecule has 4 nitrogen and oxygen atoms in total. The molecular weight excluding hydrogens is 338 g/mol. The number of hydrogen-bond acceptors (Lipinski definition) is 4. The van der Waals surface area contributed by atoms with Gasteiger partial charge in [-0.3, -0.25) is 4.79 Å². The number of benzene rings is 1. The predicted molar refractivity (Wildman–Crippen MR) is 72.4 cm³/mol. The summed E-state index contributed by atoms with van der Waals surface area (Å²) in [4.78, 5) is 22.7. The molecule has 0 saturated carbocycles. The van der Waals surface area contributed by atoms with Crippen LogP contribution in [0.15, 0.2) is 24.3 Å². The fraction of sp³-hybridized carbons (Fsp3) is 0.273. The summed E-state index contributed by atoms with van der Waals surface area (Å²) < 4.78 is 6.50. The van der Waals surface area contributed by atoms with Gasteiger partial charge in [-0.05, 0) is 11.1 Å². The molecule has 19 heavy (non-hydrogen) atoms. The SMILES string of the molecule is COC(=O)C(Cl)c1cccc(C(Cl)(Cl)C(=O)OCl)c1. The Balaban J connectivity index is 3.14. The highest BCUT2D eigenvalue weighted by molar-refractivity contribution is 6.57. The molecular formula is C11H8Cl4O4. The highest BCUT2D eigenvalue weighted by Gasteiger charge is 2.38. The van der Waals surface area contributed by atoms with Crippen LogP contribution < -0.4 is 0 Å². The number of halogens is 4. The van der Waals surface area contributed by atoms with Crippen LogP contribution in [0.1, 0.15) is 16.5 Å². The van der Waals surface area contributed by atoms with Crippen molar-refractivity contribution in [2.45, 2.75) is 9.71 Å². The quantitative estimate of drug-likeness (QED) is 0.619. The van der Waals surface area contributed by atoms with Crippen LogP contribution in [-0.4, -0.2) is 19.0 Å². The highest BCUT2D eigenvalue weighted by atomic mass is 35.5. The third-order valence-electron chi connectivity index (χ3n) is 2.28. The van der Waals surface area contributed by atoms with E-state index in [1.165, 1.54) is 25.3 Å². The molecule has 0 amide bonds. The zero-order valence-electron chi connectivity index (χ0n) is 9.53. The van der Waals surface area contributed by atoms with Gasteiger partial charge in [-0.25, -0.2) is 4.79 Å². The minimum absolute atomic E-state index is 0.175. The molecule has 0 aromatic heterocycles. The molecule has 0 spiro atoms.